The van der Waals surface area contributed by atoms with E-state index in [9.17, 15) is 15.0 Å². The van der Waals surface area contributed by atoms with Crippen LogP contribution in [0.5, 0.6) is 23.0 Å². The molecule has 6 aromatic carbocycles. The van der Waals surface area contributed by atoms with Crippen LogP contribution in [0.25, 0.3) is 0 Å². The Morgan fingerprint density at radius 3 is 1.80 bits per heavy atom. The molecule has 0 aliphatic carbocycles. The Morgan fingerprint density at radius 2 is 1.17 bits per heavy atom. The third-order valence-corrected chi connectivity index (χ3v) is 11.0. The van der Waals surface area contributed by atoms with Gasteiger partial charge in [-0.2, -0.15) is 5.10 Å². The fourth-order valence-corrected chi connectivity index (χ4v) is 9.00. The van der Waals surface area contributed by atoms with Gasteiger partial charge in [-0.25, -0.2) is 5.01 Å². The normalized spacial score (nSPS) is 14.3. The minimum Gasteiger partial charge on any atom is -0.508 e. The SMILES string of the molecule is O=C1c2ccccc2C2(c3ccc(O)cc3Oc3cc(O)ccc32)N1N=Cc1ccccc1P(c1ccccc1)c1ccccc1. The second-order valence-electron chi connectivity index (χ2n) is 11.1. The molecule has 0 saturated carbocycles. The Kier molecular flexibility index (Phi) is 6.66. The van der Waals surface area contributed by atoms with Crippen molar-refractivity contribution in [1.82, 2.24) is 5.01 Å². The molecule has 0 bridgehead atoms. The minimum atomic E-state index is -1.22. The van der Waals surface area contributed by atoms with E-state index in [0.717, 1.165) is 16.4 Å². The number of nitrogens with zero attached hydrogens (tertiary/aromatic N) is 2. The molecule has 0 atom stereocenters. The van der Waals surface area contributed by atoms with Gasteiger partial charge in [0.05, 0.1) is 6.21 Å². The van der Waals surface area contributed by atoms with Gasteiger partial charge in [0.2, 0.25) is 0 Å². The Balaban J connectivity index is 1.34. The maximum absolute atomic E-state index is 14.4. The standard InChI is InChI=1S/C39H27N2O4P/c42-27-19-21-33-35(23-27)45-36-24-28(43)20-22-34(36)39(33)32-17-9-8-16-31(32)38(44)41(39)40-25-26-11-7-10-18-37(26)46(29-12-3-1-4-13-29)30-14-5-2-6-15-30/h1-25,42-43H. The summed E-state index contributed by atoms with van der Waals surface area (Å²) in [6.45, 7) is 0. The van der Waals surface area contributed by atoms with Gasteiger partial charge >= 0.3 is 0 Å². The van der Waals surface area contributed by atoms with Crippen molar-refractivity contribution in [3.8, 4) is 23.0 Å². The van der Waals surface area contributed by atoms with Gasteiger partial charge in [-0.3, -0.25) is 4.79 Å². The van der Waals surface area contributed by atoms with Crippen LogP contribution in [0.3, 0.4) is 0 Å². The fraction of sp³-hybridized carbons (Fsp3) is 0.0256. The smallest absolute Gasteiger partial charge is 0.275 e. The fourth-order valence-electron chi connectivity index (χ4n) is 6.58. The molecule has 0 fully saturated rings. The molecule has 0 radical (unpaired) electrons. The monoisotopic (exact) mass is 618 g/mol. The van der Waals surface area contributed by atoms with Gasteiger partial charge in [-0.15, -0.1) is 0 Å². The van der Waals surface area contributed by atoms with E-state index in [-0.39, 0.29) is 17.4 Å². The lowest BCUT2D eigenvalue weighted by molar-refractivity contribution is 0.0675. The van der Waals surface area contributed by atoms with Gasteiger partial charge in [-0.05, 0) is 54.2 Å². The van der Waals surface area contributed by atoms with Crippen molar-refractivity contribution in [3.05, 3.63) is 173 Å². The molecule has 0 unspecified atom stereocenters. The number of hydrogen-bond acceptors (Lipinski definition) is 5. The summed E-state index contributed by atoms with van der Waals surface area (Å²) in [6.07, 6.45) is 1.78. The van der Waals surface area contributed by atoms with Crippen LogP contribution in [0.15, 0.2) is 151 Å². The highest BCUT2D eigenvalue weighted by Gasteiger charge is 2.57. The first-order valence-electron chi connectivity index (χ1n) is 14.9. The third kappa shape index (κ3) is 4.30. The number of benzene rings is 6. The predicted octanol–water partition coefficient (Wildman–Crippen LogP) is 6.74. The highest BCUT2D eigenvalue weighted by atomic mass is 31.1. The van der Waals surface area contributed by atoms with E-state index in [2.05, 4.69) is 54.6 Å². The van der Waals surface area contributed by atoms with E-state index in [1.165, 1.54) is 27.8 Å². The van der Waals surface area contributed by atoms with Gasteiger partial charge in [0, 0.05) is 39.9 Å². The molecule has 0 aromatic heterocycles. The highest BCUT2D eigenvalue weighted by Crippen LogP contribution is 2.58. The summed E-state index contributed by atoms with van der Waals surface area (Å²) in [5.74, 6) is 0.529. The third-order valence-electron chi connectivity index (χ3n) is 8.51. The summed E-state index contributed by atoms with van der Waals surface area (Å²) in [4.78, 5) is 14.4. The molecule has 6 aromatic rings. The zero-order valence-corrected chi connectivity index (χ0v) is 25.4. The lowest BCUT2D eigenvalue weighted by atomic mass is 9.75. The summed E-state index contributed by atoms with van der Waals surface area (Å²) in [5, 5.41) is 30.9. The maximum Gasteiger partial charge on any atom is 0.275 e. The van der Waals surface area contributed by atoms with Crippen molar-refractivity contribution in [3.63, 3.8) is 0 Å². The number of phenols is 2. The second kappa shape index (κ2) is 11.0. The van der Waals surface area contributed by atoms with E-state index in [1.807, 2.05) is 54.6 Å². The summed E-state index contributed by atoms with van der Waals surface area (Å²) >= 11 is 0. The number of ether oxygens (including phenoxy) is 1. The number of hydrazone groups is 1. The largest absolute Gasteiger partial charge is 0.508 e. The topological polar surface area (TPSA) is 82.4 Å². The molecule has 1 spiro atoms. The maximum atomic E-state index is 14.4. The second-order valence-corrected chi connectivity index (χ2v) is 13.3. The molecule has 222 valence electrons. The van der Waals surface area contributed by atoms with Gasteiger partial charge in [-0.1, -0.05) is 103 Å². The number of rotatable bonds is 5. The summed E-state index contributed by atoms with van der Waals surface area (Å²) < 4.78 is 6.23. The molecule has 46 heavy (non-hydrogen) atoms. The van der Waals surface area contributed by atoms with Crippen molar-refractivity contribution in [2.45, 2.75) is 5.54 Å². The van der Waals surface area contributed by atoms with E-state index in [1.54, 1.807) is 30.5 Å². The molecule has 7 heteroatoms. The molecule has 2 aliphatic heterocycles. The number of phenolic OH excluding ortho intramolecular Hbond substituents is 2. The average molecular weight is 619 g/mol. The van der Waals surface area contributed by atoms with Crippen molar-refractivity contribution < 1.29 is 19.7 Å². The quantitative estimate of drug-likeness (QED) is 0.166. The first kappa shape index (κ1) is 27.8. The number of aromatic hydroxyl groups is 2. The van der Waals surface area contributed by atoms with Crippen LogP contribution in [-0.2, 0) is 5.54 Å². The van der Waals surface area contributed by atoms with Crippen molar-refractivity contribution in [2.24, 2.45) is 5.10 Å². The molecule has 6 nitrogen and oxygen atoms in total. The zero-order valence-electron chi connectivity index (χ0n) is 24.5. The predicted molar refractivity (Wildman–Crippen MR) is 182 cm³/mol. The first-order valence-corrected chi connectivity index (χ1v) is 16.2. The Labute approximate surface area is 267 Å². The summed E-state index contributed by atoms with van der Waals surface area (Å²) in [7, 11) is -0.933. The van der Waals surface area contributed by atoms with Crippen LogP contribution < -0.4 is 20.7 Å². The van der Waals surface area contributed by atoms with E-state index in [4.69, 9.17) is 9.84 Å². The van der Waals surface area contributed by atoms with Gasteiger partial charge in [0.25, 0.3) is 5.91 Å². The molecule has 1 amide bonds. The van der Waals surface area contributed by atoms with Crippen molar-refractivity contribution >= 4 is 36.0 Å². The van der Waals surface area contributed by atoms with E-state index < -0.39 is 13.5 Å². The molecular weight excluding hydrogens is 591 g/mol. The van der Waals surface area contributed by atoms with E-state index >= 15 is 0 Å². The number of amides is 1. The highest BCUT2D eigenvalue weighted by molar-refractivity contribution is 7.80. The van der Waals surface area contributed by atoms with Crippen molar-refractivity contribution in [1.29, 1.82) is 0 Å². The van der Waals surface area contributed by atoms with Gasteiger partial charge < -0.3 is 14.9 Å². The lowest BCUT2D eigenvalue weighted by Crippen LogP contribution is -2.44. The van der Waals surface area contributed by atoms with Gasteiger partial charge in [0.15, 0.2) is 0 Å². The van der Waals surface area contributed by atoms with Crippen LogP contribution in [0.2, 0.25) is 0 Å². The summed E-state index contributed by atoms with van der Waals surface area (Å²) in [6, 6.07) is 46.3. The Morgan fingerprint density at radius 1 is 0.630 bits per heavy atom. The van der Waals surface area contributed by atoms with Crippen LogP contribution in [0.1, 0.15) is 32.6 Å². The lowest BCUT2D eigenvalue weighted by Gasteiger charge is -2.41. The van der Waals surface area contributed by atoms with Crippen LogP contribution in [-0.4, -0.2) is 27.3 Å². The van der Waals surface area contributed by atoms with Crippen LogP contribution in [0.4, 0.5) is 0 Å². The first-order chi connectivity index (χ1) is 22.6. The number of fused-ring (bicyclic) bond motifs is 6. The number of carbonyl (C=O) groups excluding carboxylic acids is 1. The average Bonchev–Trinajstić information content (AvgIpc) is 3.33. The Hall–Kier alpha value is -5.71. The summed E-state index contributed by atoms with van der Waals surface area (Å²) in [5.41, 5.74) is 2.25. The van der Waals surface area contributed by atoms with Crippen LogP contribution >= 0.6 is 7.92 Å². The van der Waals surface area contributed by atoms with Crippen LogP contribution in [0, 0.1) is 0 Å². The zero-order chi connectivity index (χ0) is 31.3. The molecular formula is C39H27N2O4P. The molecule has 0 saturated heterocycles. The van der Waals surface area contributed by atoms with Gasteiger partial charge in [0.1, 0.15) is 28.5 Å². The van der Waals surface area contributed by atoms with E-state index in [0.29, 0.717) is 28.2 Å². The minimum absolute atomic E-state index is 0.0225. The molecule has 2 aliphatic rings. The molecule has 2 heterocycles. The van der Waals surface area contributed by atoms with Crippen molar-refractivity contribution in [2.75, 3.05) is 0 Å². The Bertz CT molecular complexity index is 2060. The molecule has 2 N–H and O–H groups in total. The molecule has 8 rings (SSSR count). The number of carbonyl (C=O) groups is 1. The number of hydrogen-bond donors (Lipinski definition) is 2.